The number of amides is 1. The number of pyridine rings is 1. The average Bonchev–Trinajstić information content (AvgIpc) is 2.60. The van der Waals surface area contributed by atoms with E-state index in [1.54, 1.807) is 11.9 Å². The topological polar surface area (TPSA) is 36.4 Å². The van der Waals surface area contributed by atoms with Crippen LogP contribution in [0.5, 0.6) is 0 Å². The molecule has 0 saturated heterocycles. The van der Waals surface area contributed by atoms with Gasteiger partial charge in [0.15, 0.2) is 0 Å². The van der Waals surface area contributed by atoms with Crippen LogP contribution in [0.1, 0.15) is 24.0 Å². The summed E-state index contributed by atoms with van der Waals surface area (Å²) >= 11 is 11.7. The van der Waals surface area contributed by atoms with Crippen LogP contribution < -0.4 is 9.80 Å². The monoisotopic (exact) mass is 377 g/mol. The SMILES string of the molecule is CN1C(=O)CCc2ccc(Cl)cc21.CN1CCCc2ccc(Cl)nc21. The summed E-state index contributed by atoms with van der Waals surface area (Å²) in [5, 5.41) is 1.27. The Morgan fingerprint density at radius 3 is 2.56 bits per heavy atom. The third kappa shape index (κ3) is 4.07. The van der Waals surface area contributed by atoms with E-state index in [9.17, 15) is 4.79 Å². The van der Waals surface area contributed by atoms with Crippen LogP contribution in [0.15, 0.2) is 30.3 Å². The number of anilines is 2. The molecule has 0 saturated carbocycles. The minimum Gasteiger partial charge on any atom is -0.359 e. The number of rotatable bonds is 0. The highest BCUT2D eigenvalue weighted by atomic mass is 35.5. The van der Waals surface area contributed by atoms with Crippen molar-refractivity contribution in [1.29, 1.82) is 0 Å². The molecule has 25 heavy (non-hydrogen) atoms. The van der Waals surface area contributed by atoms with Crippen LogP contribution in [0.25, 0.3) is 0 Å². The summed E-state index contributed by atoms with van der Waals surface area (Å²) in [5.74, 6) is 1.21. The molecule has 132 valence electrons. The maximum Gasteiger partial charge on any atom is 0.227 e. The lowest BCUT2D eigenvalue weighted by Gasteiger charge is -2.25. The number of benzene rings is 1. The Kier molecular flexibility index (Phi) is 5.50. The molecule has 2 aliphatic rings. The molecule has 0 radical (unpaired) electrons. The average molecular weight is 378 g/mol. The Hall–Kier alpha value is -1.78. The van der Waals surface area contributed by atoms with Gasteiger partial charge in [0.25, 0.3) is 0 Å². The van der Waals surface area contributed by atoms with E-state index in [1.807, 2.05) is 24.3 Å². The molecule has 1 aromatic carbocycles. The van der Waals surface area contributed by atoms with Crippen LogP contribution in [0, 0.1) is 0 Å². The molecular weight excluding hydrogens is 357 g/mol. The Morgan fingerprint density at radius 1 is 1.00 bits per heavy atom. The minimum absolute atomic E-state index is 0.162. The molecule has 0 aliphatic carbocycles. The molecule has 0 atom stereocenters. The lowest BCUT2D eigenvalue weighted by molar-refractivity contribution is -0.118. The minimum atomic E-state index is 0.162. The van der Waals surface area contributed by atoms with E-state index in [1.165, 1.54) is 17.5 Å². The van der Waals surface area contributed by atoms with Crippen LogP contribution >= 0.6 is 23.2 Å². The van der Waals surface area contributed by atoms with Gasteiger partial charge in [0, 0.05) is 37.8 Å². The fraction of sp³-hybridized carbons (Fsp3) is 0.368. The molecule has 0 fully saturated rings. The largest absolute Gasteiger partial charge is 0.359 e. The number of aromatic nitrogens is 1. The van der Waals surface area contributed by atoms with Crippen molar-refractivity contribution in [3.63, 3.8) is 0 Å². The third-order valence-corrected chi connectivity index (χ3v) is 5.06. The molecular formula is C19H21Cl2N3O. The van der Waals surface area contributed by atoms with Crippen LogP contribution in [-0.4, -0.2) is 31.5 Å². The number of fused-ring (bicyclic) bond motifs is 2. The maximum atomic E-state index is 11.4. The van der Waals surface area contributed by atoms with Gasteiger partial charge in [-0.05, 0) is 48.6 Å². The van der Waals surface area contributed by atoms with Crippen molar-refractivity contribution in [2.45, 2.75) is 25.7 Å². The van der Waals surface area contributed by atoms with Gasteiger partial charge in [-0.15, -0.1) is 0 Å². The molecule has 0 bridgehead atoms. The summed E-state index contributed by atoms with van der Waals surface area (Å²) in [7, 11) is 3.85. The molecule has 0 N–H and O–H groups in total. The van der Waals surface area contributed by atoms with Crippen LogP contribution in [0.3, 0.4) is 0 Å². The van der Waals surface area contributed by atoms with Crippen molar-refractivity contribution in [3.8, 4) is 0 Å². The molecule has 0 spiro atoms. The van der Waals surface area contributed by atoms with E-state index in [2.05, 4.69) is 23.0 Å². The Bertz CT molecular complexity index is 794. The quantitative estimate of drug-likeness (QED) is 0.639. The van der Waals surface area contributed by atoms with Gasteiger partial charge in [0.2, 0.25) is 5.91 Å². The molecule has 2 aliphatic heterocycles. The lowest BCUT2D eigenvalue weighted by Crippen LogP contribution is -2.30. The summed E-state index contributed by atoms with van der Waals surface area (Å²) in [4.78, 5) is 19.5. The Morgan fingerprint density at radius 2 is 1.76 bits per heavy atom. The highest BCUT2D eigenvalue weighted by molar-refractivity contribution is 6.31. The van der Waals surface area contributed by atoms with E-state index in [4.69, 9.17) is 23.2 Å². The third-order valence-electron chi connectivity index (χ3n) is 4.61. The first-order valence-corrected chi connectivity index (χ1v) is 9.13. The summed E-state index contributed by atoms with van der Waals surface area (Å²) < 4.78 is 0. The van der Waals surface area contributed by atoms with E-state index < -0.39 is 0 Å². The summed E-state index contributed by atoms with van der Waals surface area (Å²) in [6, 6.07) is 9.62. The van der Waals surface area contributed by atoms with Crippen molar-refractivity contribution in [1.82, 2.24) is 4.98 Å². The molecule has 6 heteroatoms. The fourth-order valence-electron chi connectivity index (χ4n) is 3.20. The number of halogens is 2. The first kappa shape index (κ1) is 18.0. The zero-order chi connectivity index (χ0) is 18.0. The van der Waals surface area contributed by atoms with E-state index in [0.717, 1.165) is 30.9 Å². The number of carbonyl (C=O) groups is 1. The highest BCUT2D eigenvalue weighted by Crippen LogP contribution is 2.29. The first-order chi connectivity index (χ1) is 12.0. The second-order valence-electron chi connectivity index (χ2n) is 6.37. The molecule has 0 unspecified atom stereocenters. The van der Waals surface area contributed by atoms with Crippen molar-refractivity contribution in [2.75, 3.05) is 30.4 Å². The zero-order valence-electron chi connectivity index (χ0n) is 14.4. The Balaban J connectivity index is 0.000000146. The zero-order valence-corrected chi connectivity index (χ0v) is 15.9. The van der Waals surface area contributed by atoms with Gasteiger partial charge in [0.05, 0.1) is 0 Å². The van der Waals surface area contributed by atoms with Crippen molar-refractivity contribution in [2.24, 2.45) is 0 Å². The van der Waals surface area contributed by atoms with Gasteiger partial charge in [-0.2, -0.15) is 0 Å². The summed E-state index contributed by atoms with van der Waals surface area (Å²) in [6.45, 7) is 1.08. The smallest absolute Gasteiger partial charge is 0.227 e. The normalized spacial score (nSPS) is 15.9. The number of hydrogen-bond donors (Lipinski definition) is 0. The molecule has 1 aromatic heterocycles. The van der Waals surface area contributed by atoms with Gasteiger partial charge >= 0.3 is 0 Å². The van der Waals surface area contributed by atoms with Crippen LogP contribution in [-0.2, 0) is 17.6 Å². The number of nitrogens with zero attached hydrogens (tertiary/aromatic N) is 3. The van der Waals surface area contributed by atoms with E-state index >= 15 is 0 Å². The van der Waals surface area contributed by atoms with Crippen molar-refractivity contribution < 1.29 is 4.79 Å². The van der Waals surface area contributed by atoms with Crippen LogP contribution in [0.4, 0.5) is 11.5 Å². The molecule has 4 nitrogen and oxygen atoms in total. The van der Waals surface area contributed by atoms with E-state index in [-0.39, 0.29) is 5.91 Å². The van der Waals surface area contributed by atoms with Gasteiger partial charge in [0.1, 0.15) is 11.0 Å². The van der Waals surface area contributed by atoms with Gasteiger partial charge in [-0.1, -0.05) is 35.3 Å². The second-order valence-corrected chi connectivity index (χ2v) is 7.19. The highest BCUT2D eigenvalue weighted by Gasteiger charge is 2.20. The van der Waals surface area contributed by atoms with Crippen molar-refractivity contribution >= 4 is 40.6 Å². The predicted molar refractivity (Wildman–Crippen MR) is 104 cm³/mol. The molecule has 3 heterocycles. The van der Waals surface area contributed by atoms with Crippen LogP contribution in [0.2, 0.25) is 10.2 Å². The van der Waals surface area contributed by atoms with E-state index in [0.29, 0.717) is 16.6 Å². The maximum absolute atomic E-state index is 11.4. The van der Waals surface area contributed by atoms with Gasteiger partial charge < -0.3 is 9.80 Å². The summed E-state index contributed by atoms with van der Waals surface area (Å²) in [5.41, 5.74) is 3.46. The van der Waals surface area contributed by atoms with Gasteiger partial charge in [-0.25, -0.2) is 4.98 Å². The van der Waals surface area contributed by atoms with Crippen molar-refractivity contribution in [3.05, 3.63) is 51.6 Å². The fourth-order valence-corrected chi connectivity index (χ4v) is 3.51. The molecule has 1 amide bonds. The number of carbonyl (C=O) groups excluding carboxylic acids is 1. The predicted octanol–water partition coefficient (Wildman–Crippen LogP) is 4.37. The Labute approximate surface area is 158 Å². The second kappa shape index (κ2) is 7.63. The lowest BCUT2D eigenvalue weighted by atomic mass is 10.0. The standard InChI is InChI=1S/C10H10ClNO.C9H11ClN2/c1-12-9-6-8(11)4-2-7(9)3-5-10(12)13;1-12-6-2-3-7-4-5-8(10)11-9(7)12/h2,4,6H,3,5H2,1H3;4-5H,2-3,6H2,1H3. The molecule has 2 aromatic rings. The van der Waals surface area contributed by atoms with Gasteiger partial charge in [-0.3, -0.25) is 4.79 Å². The molecule has 4 rings (SSSR count). The first-order valence-electron chi connectivity index (χ1n) is 8.37. The number of aryl methyl sites for hydroxylation is 2. The number of hydrogen-bond acceptors (Lipinski definition) is 3. The summed E-state index contributed by atoms with van der Waals surface area (Å²) in [6.07, 6.45) is 3.78.